The van der Waals surface area contributed by atoms with Crippen LogP contribution in [-0.2, 0) is 9.59 Å². The number of ether oxygens (including phenoxy) is 1. The zero-order valence-corrected chi connectivity index (χ0v) is 25.9. The molecule has 5 aromatic rings. The van der Waals surface area contributed by atoms with E-state index < -0.39 is 17.1 Å². The fourth-order valence-corrected chi connectivity index (χ4v) is 5.89. The highest BCUT2D eigenvalue weighted by atomic mass is 32.2. The molecule has 10 heteroatoms. The third-order valence-corrected chi connectivity index (χ3v) is 8.32. The van der Waals surface area contributed by atoms with Crippen LogP contribution in [0, 0.1) is 0 Å². The molecular weight excluding hydrogens is 605 g/mol. The Kier molecular flexibility index (Phi) is 10.8. The molecule has 0 aliphatic heterocycles. The van der Waals surface area contributed by atoms with E-state index in [0.29, 0.717) is 34.3 Å². The Bertz CT molecular complexity index is 1760. The number of amides is 3. The molecule has 0 bridgehead atoms. The molecule has 1 atom stereocenters. The summed E-state index contributed by atoms with van der Waals surface area (Å²) >= 11 is 2.70. The Labute approximate surface area is 269 Å². The van der Waals surface area contributed by atoms with Crippen molar-refractivity contribution in [2.24, 2.45) is 0 Å². The quantitative estimate of drug-likeness (QED) is 0.0973. The molecule has 45 heavy (non-hydrogen) atoms. The number of hydrogen-bond donors (Lipinski definition) is 3. The Morgan fingerprint density at radius 3 is 2.31 bits per heavy atom. The number of carbonyl (C=O) groups is 3. The summed E-state index contributed by atoms with van der Waals surface area (Å²) in [5.74, 6) is -0.419. The summed E-state index contributed by atoms with van der Waals surface area (Å²) in [6.45, 7) is 2.44. The maximum absolute atomic E-state index is 13.6. The molecule has 226 valence electrons. The van der Waals surface area contributed by atoms with Crippen molar-refractivity contribution in [2.45, 2.75) is 17.1 Å². The smallest absolute Gasteiger partial charge is 0.272 e. The molecule has 3 amide bonds. The van der Waals surface area contributed by atoms with Gasteiger partial charge >= 0.3 is 0 Å². The molecule has 5 rings (SSSR count). The van der Waals surface area contributed by atoms with Crippen LogP contribution in [0.4, 0.5) is 10.8 Å². The second kappa shape index (κ2) is 15.5. The van der Waals surface area contributed by atoms with Gasteiger partial charge in [-0.2, -0.15) is 0 Å². The maximum atomic E-state index is 13.6. The molecule has 0 spiro atoms. The van der Waals surface area contributed by atoms with Crippen molar-refractivity contribution in [2.75, 3.05) is 17.2 Å². The van der Waals surface area contributed by atoms with E-state index in [9.17, 15) is 14.4 Å². The van der Waals surface area contributed by atoms with Crippen molar-refractivity contribution in [3.05, 3.63) is 143 Å². The van der Waals surface area contributed by atoms with E-state index in [-0.39, 0.29) is 11.6 Å². The van der Waals surface area contributed by atoms with Crippen molar-refractivity contribution < 1.29 is 19.1 Å². The summed E-state index contributed by atoms with van der Waals surface area (Å²) in [5, 5.41) is 10.3. The monoisotopic (exact) mass is 634 g/mol. The fourth-order valence-electron chi connectivity index (χ4n) is 4.27. The fraction of sp³-hybridized carbons (Fsp3) is 0.0857. The van der Waals surface area contributed by atoms with Crippen LogP contribution in [0.3, 0.4) is 0 Å². The predicted molar refractivity (Wildman–Crippen MR) is 180 cm³/mol. The first kappa shape index (κ1) is 31.2. The van der Waals surface area contributed by atoms with Crippen LogP contribution in [0.2, 0.25) is 0 Å². The summed E-state index contributed by atoms with van der Waals surface area (Å²) in [5.41, 5.74) is 2.53. The van der Waals surface area contributed by atoms with Crippen LogP contribution < -0.4 is 20.7 Å². The van der Waals surface area contributed by atoms with E-state index in [1.807, 2.05) is 61.5 Å². The van der Waals surface area contributed by atoms with Gasteiger partial charge in [0.2, 0.25) is 5.91 Å². The first-order valence-corrected chi connectivity index (χ1v) is 15.9. The van der Waals surface area contributed by atoms with Crippen LogP contribution in [0.15, 0.2) is 131 Å². The van der Waals surface area contributed by atoms with E-state index in [1.165, 1.54) is 23.1 Å². The Morgan fingerprint density at radius 1 is 0.889 bits per heavy atom. The number of hydrogen-bond acceptors (Lipinski definition) is 7. The number of aromatic nitrogens is 1. The van der Waals surface area contributed by atoms with Crippen molar-refractivity contribution in [3.8, 4) is 5.75 Å². The number of anilines is 2. The number of rotatable bonds is 12. The summed E-state index contributed by atoms with van der Waals surface area (Å²) in [4.78, 5) is 44.9. The van der Waals surface area contributed by atoms with Gasteiger partial charge in [0.05, 0.1) is 6.61 Å². The highest BCUT2D eigenvalue weighted by molar-refractivity contribution is 8.00. The van der Waals surface area contributed by atoms with Gasteiger partial charge in [-0.3, -0.25) is 14.4 Å². The second-order valence-corrected chi connectivity index (χ2v) is 11.7. The van der Waals surface area contributed by atoms with Crippen LogP contribution in [0.1, 0.15) is 33.7 Å². The van der Waals surface area contributed by atoms with Gasteiger partial charge in [0.25, 0.3) is 11.8 Å². The molecule has 1 aromatic heterocycles. The summed E-state index contributed by atoms with van der Waals surface area (Å²) in [6, 6.07) is 32.6. The lowest BCUT2D eigenvalue weighted by atomic mass is 10.1. The molecule has 0 aliphatic carbocycles. The lowest BCUT2D eigenvalue weighted by molar-refractivity contribution is -0.116. The molecule has 8 nitrogen and oxygen atoms in total. The van der Waals surface area contributed by atoms with Gasteiger partial charge in [0.15, 0.2) is 5.13 Å². The number of nitrogens with one attached hydrogen (secondary N) is 3. The molecule has 1 heterocycles. The lowest BCUT2D eigenvalue weighted by Gasteiger charge is -2.17. The third kappa shape index (κ3) is 8.91. The van der Waals surface area contributed by atoms with Crippen LogP contribution in [0.5, 0.6) is 5.75 Å². The van der Waals surface area contributed by atoms with E-state index in [0.717, 1.165) is 10.5 Å². The van der Waals surface area contributed by atoms with Crippen molar-refractivity contribution in [3.63, 3.8) is 0 Å². The van der Waals surface area contributed by atoms with Crippen molar-refractivity contribution in [1.29, 1.82) is 0 Å². The molecule has 0 radical (unpaired) electrons. The summed E-state index contributed by atoms with van der Waals surface area (Å²) < 4.78 is 5.52. The van der Waals surface area contributed by atoms with Crippen molar-refractivity contribution in [1.82, 2.24) is 10.3 Å². The number of benzene rings is 4. The van der Waals surface area contributed by atoms with E-state index in [4.69, 9.17) is 4.74 Å². The Balaban J connectivity index is 1.37. The average molecular weight is 635 g/mol. The van der Waals surface area contributed by atoms with Gasteiger partial charge < -0.3 is 20.7 Å². The van der Waals surface area contributed by atoms with Gasteiger partial charge in [-0.05, 0) is 66.6 Å². The van der Waals surface area contributed by atoms with Gasteiger partial charge in [0, 0.05) is 27.7 Å². The minimum Gasteiger partial charge on any atom is -0.494 e. The third-order valence-electron chi connectivity index (χ3n) is 6.38. The first-order chi connectivity index (χ1) is 22.0. The zero-order valence-electron chi connectivity index (χ0n) is 24.3. The molecule has 0 saturated heterocycles. The lowest BCUT2D eigenvalue weighted by Crippen LogP contribution is -2.30. The molecule has 1 unspecified atom stereocenters. The second-order valence-electron chi connectivity index (χ2n) is 9.60. The standard InChI is InChI=1S/C35H30N4O4S2/c1-2-43-28-18-16-24(17-19-28)22-30(38-32(40)26-12-7-4-8-13-26)33(41)37-27-14-9-15-29(23-27)45-31(25-10-5-3-6-11-25)34(42)39-35-36-20-21-44-35/h3-23,31H,2H2,1H3,(H,37,41)(H,38,40)(H,36,39,42)/b30-22+. The highest BCUT2D eigenvalue weighted by Gasteiger charge is 2.23. The van der Waals surface area contributed by atoms with E-state index in [1.54, 1.807) is 72.3 Å². The van der Waals surface area contributed by atoms with Crippen LogP contribution in [0.25, 0.3) is 6.08 Å². The van der Waals surface area contributed by atoms with Gasteiger partial charge in [0.1, 0.15) is 16.7 Å². The molecule has 0 fully saturated rings. The van der Waals surface area contributed by atoms with Gasteiger partial charge in [-0.25, -0.2) is 4.98 Å². The van der Waals surface area contributed by atoms with Gasteiger partial charge in [-0.1, -0.05) is 66.7 Å². The maximum Gasteiger partial charge on any atom is 0.272 e. The molecular formula is C35H30N4O4S2. The van der Waals surface area contributed by atoms with E-state index in [2.05, 4.69) is 20.9 Å². The van der Waals surface area contributed by atoms with Crippen LogP contribution in [-0.4, -0.2) is 29.3 Å². The number of carbonyl (C=O) groups excluding carboxylic acids is 3. The minimum atomic E-state index is -0.568. The number of thioether (sulfide) groups is 1. The molecule has 0 aliphatic rings. The topological polar surface area (TPSA) is 109 Å². The van der Waals surface area contributed by atoms with E-state index >= 15 is 0 Å². The Hall–Kier alpha value is -5.19. The van der Waals surface area contributed by atoms with Gasteiger partial charge in [-0.15, -0.1) is 23.1 Å². The van der Waals surface area contributed by atoms with Crippen molar-refractivity contribution >= 4 is 57.7 Å². The number of thiazole rings is 1. The SMILES string of the molecule is CCOc1ccc(/C=C(/NC(=O)c2ccccc2)C(=O)Nc2cccc(SC(C(=O)Nc3nccs3)c3ccccc3)c2)cc1. The molecule has 3 N–H and O–H groups in total. The zero-order chi connectivity index (χ0) is 31.4. The molecule has 4 aromatic carbocycles. The summed E-state index contributed by atoms with van der Waals surface area (Å²) in [6.07, 6.45) is 3.25. The highest BCUT2D eigenvalue weighted by Crippen LogP contribution is 2.37. The minimum absolute atomic E-state index is 0.0658. The first-order valence-electron chi connectivity index (χ1n) is 14.1. The molecule has 0 saturated carbocycles. The predicted octanol–water partition coefficient (Wildman–Crippen LogP) is 7.42. The number of nitrogens with zero attached hydrogens (tertiary/aromatic N) is 1. The average Bonchev–Trinajstić information content (AvgIpc) is 3.58. The Morgan fingerprint density at radius 2 is 1.62 bits per heavy atom. The largest absolute Gasteiger partial charge is 0.494 e. The normalized spacial score (nSPS) is 11.7. The summed E-state index contributed by atoms with van der Waals surface area (Å²) in [7, 11) is 0. The van der Waals surface area contributed by atoms with Crippen LogP contribution >= 0.6 is 23.1 Å².